The Morgan fingerprint density at radius 2 is 1.54 bits per heavy atom. The number of aliphatic hydroxyl groups excluding tert-OH is 5. The lowest BCUT2D eigenvalue weighted by molar-refractivity contribution is -0.302. The number of methoxy groups -OCH3 is 3. The van der Waals surface area contributed by atoms with Crippen molar-refractivity contribution < 1.29 is 59.1 Å². The van der Waals surface area contributed by atoms with E-state index in [0.717, 1.165) is 5.56 Å². The van der Waals surface area contributed by atoms with E-state index >= 15 is 0 Å². The van der Waals surface area contributed by atoms with Crippen LogP contribution in [0.25, 0.3) is 6.08 Å². The highest BCUT2D eigenvalue weighted by Gasteiger charge is 2.46. The number of rotatable bonds is 10. The monoisotopic (exact) mass is 550 g/mol. The van der Waals surface area contributed by atoms with Crippen LogP contribution >= 0.6 is 0 Å². The van der Waals surface area contributed by atoms with Crippen LogP contribution in [0.2, 0.25) is 0 Å². The Morgan fingerprint density at radius 1 is 0.872 bits per heavy atom. The maximum atomic E-state index is 10.5. The molecule has 2 aliphatic heterocycles. The second-order valence-corrected chi connectivity index (χ2v) is 9.18. The molecule has 1 fully saturated rings. The largest absolute Gasteiger partial charge is 0.502 e. The number of hydrogen-bond acceptors (Lipinski definition) is 12. The zero-order valence-electron chi connectivity index (χ0n) is 21.8. The molecule has 0 spiro atoms. The van der Waals surface area contributed by atoms with Crippen LogP contribution in [0.4, 0.5) is 0 Å². The van der Waals surface area contributed by atoms with Crippen LogP contribution in [0, 0.1) is 0 Å². The molecule has 7 atom stereocenters. The summed E-state index contributed by atoms with van der Waals surface area (Å²) < 4.78 is 34.0. The first-order chi connectivity index (χ1) is 18.8. The zero-order chi connectivity index (χ0) is 28.3. The lowest BCUT2D eigenvalue weighted by Gasteiger charge is -2.40. The average Bonchev–Trinajstić information content (AvgIpc) is 3.32. The Morgan fingerprint density at radius 3 is 2.13 bits per heavy atom. The van der Waals surface area contributed by atoms with Crippen LogP contribution in [0.3, 0.4) is 0 Å². The third-order valence-electron chi connectivity index (χ3n) is 6.87. The summed E-state index contributed by atoms with van der Waals surface area (Å²) in [5, 5.41) is 60.0. The number of benzene rings is 2. The molecule has 0 unspecified atom stereocenters. The molecule has 214 valence electrons. The van der Waals surface area contributed by atoms with E-state index in [1.807, 2.05) is 6.07 Å². The van der Waals surface area contributed by atoms with Crippen LogP contribution in [-0.2, 0) is 9.47 Å². The van der Waals surface area contributed by atoms with Gasteiger partial charge in [-0.25, -0.2) is 0 Å². The molecule has 2 aromatic rings. The summed E-state index contributed by atoms with van der Waals surface area (Å²) in [6, 6.07) is 6.81. The van der Waals surface area contributed by atoms with Crippen molar-refractivity contribution in [3.05, 3.63) is 47.0 Å². The molecule has 0 bridgehead atoms. The second kappa shape index (κ2) is 12.4. The van der Waals surface area contributed by atoms with E-state index in [1.54, 1.807) is 30.4 Å². The molecular weight excluding hydrogens is 516 g/mol. The van der Waals surface area contributed by atoms with Gasteiger partial charge in [-0.1, -0.05) is 12.2 Å². The van der Waals surface area contributed by atoms with Gasteiger partial charge in [0.2, 0.25) is 5.75 Å². The molecule has 1 saturated heterocycles. The number of aromatic hydroxyl groups is 1. The van der Waals surface area contributed by atoms with Gasteiger partial charge in [0.15, 0.2) is 29.3 Å². The fourth-order valence-corrected chi connectivity index (χ4v) is 4.82. The Labute approximate surface area is 225 Å². The number of ether oxygens (including phenoxy) is 6. The van der Waals surface area contributed by atoms with Gasteiger partial charge in [0, 0.05) is 11.1 Å². The van der Waals surface area contributed by atoms with E-state index in [-0.39, 0.29) is 30.5 Å². The third-order valence-corrected chi connectivity index (χ3v) is 6.87. The average molecular weight is 551 g/mol. The van der Waals surface area contributed by atoms with Crippen molar-refractivity contribution in [3.63, 3.8) is 0 Å². The Bertz CT molecular complexity index is 1140. The Hall–Kier alpha value is -3.10. The molecule has 12 heteroatoms. The number of phenolic OH excluding ortho intramolecular Hbond substituents is 1. The van der Waals surface area contributed by atoms with Gasteiger partial charge in [-0.05, 0) is 29.8 Å². The number of hydrogen-bond donors (Lipinski definition) is 6. The Balaban J connectivity index is 1.74. The minimum absolute atomic E-state index is 0.0951. The van der Waals surface area contributed by atoms with Gasteiger partial charge in [0.25, 0.3) is 0 Å². The minimum Gasteiger partial charge on any atom is -0.502 e. The van der Waals surface area contributed by atoms with Gasteiger partial charge < -0.3 is 59.1 Å². The van der Waals surface area contributed by atoms with E-state index < -0.39 is 49.3 Å². The van der Waals surface area contributed by atoms with Gasteiger partial charge in [-0.2, -0.15) is 0 Å². The van der Waals surface area contributed by atoms with Crippen molar-refractivity contribution >= 4 is 6.08 Å². The summed E-state index contributed by atoms with van der Waals surface area (Å²) in [6.45, 7) is -0.842. The highest BCUT2D eigenvalue weighted by molar-refractivity contribution is 5.63. The molecule has 39 heavy (non-hydrogen) atoms. The lowest BCUT2D eigenvalue weighted by Crippen LogP contribution is -2.59. The van der Waals surface area contributed by atoms with Gasteiger partial charge in [-0.3, -0.25) is 0 Å². The van der Waals surface area contributed by atoms with Gasteiger partial charge in [0.05, 0.1) is 47.1 Å². The predicted molar refractivity (Wildman–Crippen MR) is 136 cm³/mol. The molecular formula is C27H34O12. The SMILES string of the molecule is COc1cc([C@H]2Oc3c(OC)cc(C=CCO)cc3[C@@H]2CO[C@@H]2O[C@H](CO)[C@@H](O)[C@H](O)[C@H]2O)cc(OC)c1O. The summed E-state index contributed by atoms with van der Waals surface area (Å²) >= 11 is 0. The molecule has 4 rings (SSSR count). The lowest BCUT2D eigenvalue weighted by atomic mass is 9.90. The van der Waals surface area contributed by atoms with Crippen molar-refractivity contribution in [1.29, 1.82) is 0 Å². The van der Waals surface area contributed by atoms with Crippen LogP contribution in [0.5, 0.6) is 28.7 Å². The number of fused-ring (bicyclic) bond motifs is 1. The maximum Gasteiger partial charge on any atom is 0.200 e. The van der Waals surface area contributed by atoms with Crippen molar-refractivity contribution in [2.45, 2.75) is 42.7 Å². The molecule has 0 amide bonds. The summed E-state index contributed by atoms with van der Waals surface area (Å²) in [5.74, 6) is 0.484. The van der Waals surface area contributed by atoms with Crippen molar-refractivity contribution in [2.75, 3.05) is 41.2 Å². The first-order valence-electron chi connectivity index (χ1n) is 12.3. The Kier molecular flexibility index (Phi) is 9.18. The van der Waals surface area contributed by atoms with Crippen LogP contribution in [-0.4, -0.2) is 102 Å². The van der Waals surface area contributed by atoms with Crippen molar-refractivity contribution in [3.8, 4) is 28.7 Å². The molecule has 0 saturated carbocycles. The maximum absolute atomic E-state index is 10.5. The molecule has 2 aliphatic rings. The smallest absolute Gasteiger partial charge is 0.200 e. The van der Waals surface area contributed by atoms with E-state index in [4.69, 9.17) is 28.4 Å². The molecule has 0 radical (unpaired) electrons. The standard InChI is InChI=1S/C27H34O12/c1-34-17-9-14(10-18(35-2)21(17)30)25-16(12-37-27-24(33)23(32)22(31)20(11-29)38-27)15-7-13(5-4-6-28)8-19(36-3)26(15)39-25/h4-5,7-10,16,20,22-25,27-33H,6,11-12H2,1-3H3/t16-,20+,22+,23-,24+,25+,27+/m0/s1. The molecule has 2 heterocycles. The highest BCUT2D eigenvalue weighted by Crippen LogP contribution is 2.53. The first kappa shape index (κ1) is 28.9. The summed E-state index contributed by atoms with van der Waals surface area (Å²) in [7, 11) is 4.31. The minimum atomic E-state index is -1.59. The molecule has 12 nitrogen and oxygen atoms in total. The van der Waals surface area contributed by atoms with Crippen LogP contribution < -0.4 is 18.9 Å². The van der Waals surface area contributed by atoms with Gasteiger partial charge in [-0.15, -0.1) is 0 Å². The van der Waals surface area contributed by atoms with E-state index in [1.165, 1.54) is 21.3 Å². The normalized spacial score (nSPS) is 28.3. The fourth-order valence-electron chi connectivity index (χ4n) is 4.82. The predicted octanol–water partition coefficient (Wildman–Crippen LogP) is 0.457. The van der Waals surface area contributed by atoms with Crippen molar-refractivity contribution in [2.24, 2.45) is 0 Å². The molecule has 0 aliphatic carbocycles. The van der Waals surface area contributed by atoms with E-state index in [0.29, 0.717) is 22.6 Å². The quantitative estimate of drug-likeness (QED) is 0.241. The van der Waals surface area contributed by atoms with Gasteiger partial charge >= 0.3 is 0 Å². The molecule has 2 aromatic carbocycles. The zero-order valence-corrected chi connectivity index (χ0v) is 21.8. The van der Waals surface area contributed by atoms with E-state index in [9.17, 15) is 30.6 Å². The number of phenols is 1. The molecule has 6 N–H and O–H groups in total. The summed E-state index contributed by atoms with van der Waals surface area (Å²) in [5.41, 5.74) is 1.99. The molecule has 0 aromatic heterocycles. The topological polar surface area (TPSA) is 177 Å². The van der Waals surface area contributed by atoms with Crippen LogP contribution in [0.15, 0.2) is 30.3 Å². The highest BCUT2D eigenvalue weighted by atomic mass is 16.7. The van der Waals surface area contributed by atoms with Gasteiger partial charge in [0.1, 0.15) is 30.5 Å². The van der Waals surface area contributed by atoms with Crippen molar-refractivity contribution in [1.82, 2.24) is 0 Å². The van der Waals surface area contributed by atoms with Crippen LogP contribution in [0.1, 0.15) is 28.7 Å². The third kappa shape index (κ3) is 5.63. The summed E-state index contributed by atoms with van der Waals surface area (Å²) in [4.78, 5) is 0. The first-order valence-corrected chi connectivity index (χ1v) is 12.3. The summed E-state index contributed by atoms with van der Waals surface area (Å²) in [6.07, 6.45) is -4.59. The fraction of sp³-hybridized carbons (Fsp3) is 0.481. The second-order valence-electron chi connectivity index (χ2n) is 9.18. The number of aliphatic hydroxyl groups is 5. The van der Waals surface area contributed by atoms with E-state index in [2.05, 4.69) is 0 Å².